The second kappa shape index (κ2) is 12.1. The van der Waals surface area contributed by atoms with Gasteiger partial charge in [-0.1, -0.05) is 47.6 Å². The third-order valence-electron chi connectivity index (χ3n) is 4.72. The lowest BCUT2D eigenvalue weighted by atomic mass is 9.99. The molecule has 0 saturated carbocycles. The first-order chi connectivity index (χ1) is 15.3. The number of hydrogen-bond donors (Lipinski definition) is 3. The van der Waals surface area contributed by atoms with Crippen LogP contribution >= 0.6 is 0 Å². The molecule has 2 aromatic rings. The zero-order valence-corrected chi connectivity index (χ0v) is 17.7. The van der Waals surface area contributed by atoms with Gasteiger partial charge < -0.3 is 21.5 Å². The highest BCUT2D eigenvalue weighted by atomic mass is 16.5. The maximum atomic E-state index is 12.5. The van der Waals surface area contributed by atoms with Crippen molar-refractivity contribution in [1.29, 1.82) is 0 Å². The summed E-state index contributed by atoms with van der Waals surface area (Å²) in [6.45, 7) is 1.32. The van der Waals surface area contributed by atoms with E-state index < -0.39 is 29.9 Å². The molecule has 32 heavy (non-hydrogen) atoms. The first-order valence-electron chi connectivity index (χ1n) is 9.97. The minimum absolute atomic E-state index is 0.100. The fourth-order valence-corrected chi connectivity index (χ4v) is 3.11. The second-order valence-electron chi connectivity index (χ2n) is 7.22. The van der Waals surface area contributed by atoms with Crippen LogP contribution in [0.4, 0.5) is 0 Å². The van der Waals surface area contributed by atoms with Gasteiger partial charge in [0.15, 0.2) is 5.78 Å². The topological polar surface area (TPSA) is 173 Å². The zero-order valence-electron chi connectivity index (χ0n) is 17.7. The third kappa shape index (κ3) is 7.42. The van der Waals surface area contributed by atoms with Crippen LogP contribution in [0.5, 0.6) is 5.75 Å². The Morgan fingerprint density at radius 2 is 1.78 bits per heavy atom. The van der Waals surface area contributed by atoms with Crippen LogP contribution in [0.15, 0.2) is 59.7 Å². The van der Waals surface area contributed by atoms with E-state index in [-0.39, 0.29) is 18.8 Å². The highest BCUT2D eigenvalue weighted by Gasteiger charge is 2.27. The number of benzene rings is 2. The number of nitrogens with zero attached hydrogens (tertiary/aromatic N) is 3. The summed E-state index contributed by atoms with van der Waals surface area (Å²) in [5, 5.41) is 6.55. The Kier molecular flexibility index (Phi) is 9.22. The summed E-state index contributed by atoms with van der Waals surface area (Å²) in [6, 6.07) is 13.3. The highest BCUT2D eigenvalue weighted by Crippen LogP contribution is 2.20. The van der Waals surface area contributed by atoms with Crippen molar-refractivity contribution in [2.24, 2.45) is 16.6 Å². The van der Waals surface area contributed by atoms with Crippen LogP contribution < -0.4 is 21.5 Å². The van der Waals surface area contributed by atoms with E-state index >= 15 is 0 Å². The van der Waals surface area contributed by atoms with Gasteiger partial charge >= 0.3 is 0 Å². The number of Topliss-reactive ketones (excluding diaryl/α,β-unsaturated/α-hetero) is 1. The van der Waals surface area contributed by atoms with Crippen molar-refractivity contribution in [3.63, 3.8) is 0 Å². The predicted molar refractivity (Wildman–Crippen MR) is 119 cm³/mol. The largest absolute Gasteiger partial charge is 0.492 e. The second-order valence-corrected chi connectivity index (χ2v) is 7.22. The molecule has 0 fully saturated rings. The molecule has 0 unspecified atom stereocenters. The van der Waals surface area contributed by atoms with E-state index in [4.69, 9.17) is 21.7 Å². The van der Waals surface area contributed by atoms with Crippen molar-refractivity contribution < 1.29 is 19.1 Å². The Morgan fingerprint density at radius 3 is 2.41 bits per heavy atom. The van der Waals surface area contributed by atoms with Crippen LogP contribution in [0.25, 0.3) is 10.4 Å². The highest BCUT2D eigenvalue weighted by molar-refractivity contribution is 5.96. The number of carbonyl (C=O) groups is 3. The summed E-state index contributed by atoms with van der Waals surface area (Å²) in [5.41, 5.74) is 21.3. The first kappa shape index (κ1) is 24.4. The quantitative estimate of drug-likeness (QED) is 0.198. The number of carbonyl (C=O) groups excluding carboxylic acids is 3. The molecule has 0 spiro atoms. The predicted octanol–water partition coefficient (Wildman–Crippen LogP) is 1.88. The lowest BCUT2D eigenvalue weighted by Gasteiger charge is -2.26. The van der Waals surface area contributed by atoms with Gasteiger partial charge in [0, 0.05) is 11.0 Å². The van der Waals surface area contributed by atoms with E-state index in [2.05, 4.69) is 15.3 Å². The summed E-state index contributed by atoms with van der Waals surface area (Å²) in [5.74, 6) is -1.14. The lowest BCUT2D eigenvalue weighted by molar-refractivity contribution is -0.127. The lowest BCUT2D eigenvalue weighted by Crippen LogP contribution is -2.52. The molecule has 3 atom stereocenters. The van der Waals surface area contributed by atoms with E-state index in [0.29, 0.717) is 17.7 Å². The molecule has 2 rings (SSSR count). The van der Waals surface area contributed by atoms with Crippen LogP contribution in [0, 0.1) is 0 Å². The number of hydrogen-bond acceptors (Lipinski definition) is 6. The Labute approximate surface area is 185 Å². The number of azide groups is 1. The average Bonchev–Trinajstić information content (AvgIpc) is 2.76. The van der Waals surface area contributed by atoms with Crippen molar-refractivity contribution in [3.05, 3.63) is 76.2 Å². The van der Waals surface area contributed by atoms with Crippen LogP contribution in [0.3, 0.4) is 0 Å². The molecule has 0 saturated heterocycles. The molecule has 0 aliphatic rings. The number of para-hydroxylation sites is 1. The van der Waals surface area contributed by atoms with Gasteiger partial charge in [0.25, 0.3) is 0 Å². The summed E-state index contributed by atoms with van der Waals surface area (Å²) in [6.07, 6.45) is -0.00413. The van der Waals surface area contributed by atoms with Gasteiger partial charge in [0.05, 0.1) is 30.7 Å². The Bertz CT molecular complexity index is 991. The molecule has 2 aromatic carbocycles. The van der Waals surface area contributed by atoms with Crippen molar-refractivity contribution in [2.45, 2.75) is 37.9 Å². The molecule has 0 aromatic heterocycles. The minimum Gasteiger partial charge on any atom is -0.492 e. The number of primary amides is 1. The molecule has 168 valence electrons. The average molecular weight is 438 g/mol. The molecular weight excluding hydrogens is 412 g/mol. The molecule has 0 radical (unpaired) electrons. The van der Waals surface area contributed by atoms with E-state index in [9.17, 15) is 14.4 Å². The number of ether oxygens (including phenoxy) is 1. The van der Waals surface area contributed by atoms with Gasteiger partial charge in [-0.2, -0.15) is 0 Å². The normalized spacial score (nSPS) is 13.2. The van der Waals surface area contributed by atoms with E-state index in [1.807, 2.05) is 30.3 Å². The molecule has 0 bridgehead atoms. The fraction of sp³-hybridized carbons (Fsp3) is 0.318. The smallest absolute Gasteiger partial charge is 0.237 e. The summed E-state index contributed by atoms with van der Waals surface area (Å²) >= 11 is 0. The van der Waals surface area contributed by atoms with Crippen LogP contribution in [-0.4, -0.2) is 42.3 Å². The van der Waals surface area contributed by atoms with Crippen LogP contribution in [0.1, 0.15) is 29.3 Å². The van der Waals surface area contributed by atoms with Gasteiger partial charge in [-0.3, -0.25) is 14.4 Å². The molecule has 0 aliphatic heterocycles. The van der Waals surface area contributed by atoms with Crippen LogP contribution in [0.2, 0.25) is 0 Å². The van der Waals surface area contributed by atoms with Crippen molar-refractivity contribution in [3.8, 4) is 5.75 Å². The summed E-state index contributed by atoms with van der Waals surface area (Å²) in [4.78, 5) is 38.4. The Morgan fingerprint density at radius 1 is 1.12 bits per heavy atom. The zero-order chi connectivity index (χ0) is 23.5. The molecule has 0 aliphatic carbocycles. The maximum Gasteiger partial charge on any atom is 0.237 e. The van der Waals surface area contributed by atoms with Gasteiger partial charge in [-0.05, 0) is 36.6 Å². The molecule has 10 heteroatoms. The third-order valence-corrected chi connectivity index (χ3v) is 4.72. The molecular formula is C22H26N6O4. The number of nitrogens with one attached hydrogen (secondary N) is 1. The monoisotopic (exact) mass is 438 g/mol. The Hall–Kier alpha value is -3.88. The summed E-state index contributed by atoms with van der Waals surface area (Å²) < 4.78 is 5.80. The standard InChI is InChI=1S/C22H26N6O4/c1-14(29)16-9-5-6-10-20(16)32-13-19(27-28-25)18(11-15-7-3-2-4-8-15)26-22(31)17(23)12-21(24)30/h2-10,17-19H,11-13,23H2,1H3,(H2,24,30)(H,26,31)/t17-,18-,19+/m0/s1. The van der Waals surface area contributed by atoms with E-state index in [1.54, 1.807) is 24.3 Å². The molecule has 10 nitrogen and oxygen atoms in total. The first-order valence-corrected chi connectivity index (χ1v) is 9.97. The van der Waals surface area contributed by atoms with Crippen molar-refractivity contribution >= 4 is 17.6 Å². The minimum atomic E-state index is -1.14. The molecule has 5 N–H and O–H groups in total. The van der Waals surface area contributed by atoms with Crippen molar-refractivity contribution in [2.75, 3.05) is 6.61 Å². The molecule has 0 heterocycles. The maximum absolute atomic E-state index is 12.5. The summed E-state index contributed by atoms with van der Waals surface area (Å²) in [7, 11) is 0. The van der Waals surface area contributed by atoms with Gasteiger partial charge in [0.2, 0.25) is 11.8 Å². The van der Waals surface area contributed by atoms with Crippen LogP contribution in [-0.2, 0) is 16.0 Å². The number of amides is 2. The van der Waals surface area contributed by atoms with Gasteiger partial charge in [-0.15, -0.1) is 0 Å². The number of nitrogens with two attached hydrogens (primary N) is 2. The number of rotatable bonds is 12. The Balaban J connectivity index is 2.26. The van der Waals surface area contributed by atoms with Gasteiger partial charge in [-0.25, -0.2) is 0 Å². The van der Waals surface area contributed by atoms with Crippen molar-refractivity contribution in [1.82, 2.24) is 5.32 Å². The fourth-order valence-electron chi connectivity index (χ4n) is 3.11. The van der Waals surface area contributed by atoms with E-state index in [0.717, 1.165) is 5.56 Å². The number of ketones is 1. The molecule has 2 amide bonds. The van der Waals surface area contributed by atoms with E-state index in [1.165, 1.54) is 6.92 Å². The van der Waals surface area contributed by atoms with Gasteiger partial charge in [0.1, 0.15) is 5.75 Å². The SMILES string of the molecule is CC(=O)c1ccccc1OC[C@@H](N=[N+]=[N-])[C@H](Cc1ccccc1)NC(=O)[C@@H](N)CC(N)=O.